The lowest BCUT2D eigenvalue weighted by Crippen LogP contribution is -2.34. The van der Waals surface area contributed by atoms with Crippen molar-refractivity contribution in [3.8, 4) is 0 Å². The predicted molar refractivity (Wildman–Crippen MR) is 84.3 cm³/mol. The molecule has 0 aliphatic heterocycles. The zero-order valence-corrected chi connectivity index (χ0v) is 12.9. The normalized spacial score (nSPS) is 10.6. The molecule has 24 heavy (non-hydrogen) atoms. The third-order valence-electron chi connectivity index (χ3n) is 3.06. The van der Waals surface area contributed by atoms with Crippen molar-refractivity contribution in [2.24, 2.45) is 7.05 Å². The molecule has 2 rings (SSSR count). The van der Waals surface area contributed by atoms with E-state index in [0.717, 1.165) is 6.08 Å². The van der Waals surface area contributed by atoms with Crippen molar-refractivity contribution in [3.05, 3.63) is 65.7 Å². The Hall–Kier alpha value is -3.22. The summed E-state index contributed by atoms with van der Waals surface area (Å²) in [6, 6.07) is 8.72. The van der Waals surface area contributed by atoms with Crippen LogP contribution >= 0.6 is 0 Å². The van der Waals surface area contributed by atoms with Gasteiger partial charge in [-0.1, -0.05) is 12.1 Å². The lowest BCUT2D eigenvalue weighted by molar-refractivity contribution is -0.143. The van der Waals surface area contributed by atoms with Gasteiger partial charge in [-0.25, -0.2) is 9.18 Å². The van der Waals surface area contributed by atoms with Crippen LogP contribution in [0, 0.1) is 5.82 Å². The highest BCUT2D eigenvalue weighted by Gasteiger charge is 2.13. The number of ether oxygens (including phenoxy) is 1. The fraction of sp³-hybridized carbons (Fsp3) is 0.118. The number of amides is 2. The van der Waals surface area contributed by atoms with E-state index in [-0.39, 0.29) is 5.82 Å². The molecule has 0 aliphatic carbocycles. The van der Waals surface area contributed by atoms with Crippen LogP contribution in [0.5, 0.6) is 0 Å². The van der Waals surface area contributed by atoms with Crippen LogP contribution in [0.4, 0.5) is 4.39 Å². The lowest BCUT2D eigenvalue weighted by atomic mass is 10.2. The molecule has 2 aromatic rings. The first-order valence-corrected chi connectivity index (χ1v) is 7.01. The highest BCUT2D eigenvalue weighted by atomic mass is 19.1. The second kappa shape index (κ2) is 7.87. The highest BCUT2D eigenvalue weighted by Crippen LogP contribution is 2.04. The molecule has 1 aromatic heterocycles. The Balaban J connectivity index is 1.79. The van der Waals surface area contributed by atoms with Crippen molar-refractivity contribution in [1.29, 1.82) is 0 Å². The van der Waals surface area contributed by atoms with Crippen LogP contribution in [0.2, 0.25) is 0 Å². The minimum Gasteiger partial charge on any atom is -0.452 e. The Morgan fingerprint density at radius 3 is 2.54 bits per heavy atom. The summed E-state index contributed by atoms with van der Waals surface area (Å²) in [5.74, 6) is -2.44. The van der Waals surface area contributed by atoms with E-state index >= 15 is 0 Å². The first kappa shape index (κ1) is 17.1. The van der Waals surface area contributed by atoms with Crippen LogP contribution in [-0.4, -0.2) is 29.0 Å². The number of nitrogens with zero attached hydrogens (tertiary/aromatic N) is 1. The molecule has 0 radical (unpaired) electrons. The molecular formula is C17H15FN2O4. The average Bonchev–Trinajstić information content (AvgIpc) is 2.98. The minimum absolute atomic E-state index is 0.311. The van der Waals surface area contributed by atoms with Gasteiger partial charge in [0.05, 0.1) is 0 Å². The molecule has 0 spiro atoms. The summed E-state index contributed by atoms with van der Waals surface area (Å²) in [7, 11) is 1.67. The van der Waals surface area contributed by atoms with Gasteiger partial charge >= 0.3 is 5.97 Å². The molecule has 124 valence electrons. The Bertz CT molecular complexity index is 778. The third-order valence-corrected chi connectivity index (χ3v) is 3.06. The second-order valence-corrected chi connectivity index (χ2v) is 4.87. The quantitative estimate of drug-likeness (QED) is 0.668. The van der Waals surface area contributed by atoms with Crippen LogP contribution in [0.15, 0.2) is 48.7 Å². The maximum absolute atomic E-state index is 12.7. The summed E-state index contributed by atoms with van der Waals surface area (Å²) in [6.07, 6.45) is 4.20. The van der Waals surface area contributed by atoms with E-state index in [2.05, 4.69) is 5.32 Å². The fourth-order valence-corrected chi connectivity index (χ4v) is 1.85. The van der Waals surface area contributed by atoms with Crippen LogP contribution in [0.25, 0.3) is 6.08 Å². The zero-order chi connectivity index (χ0) is 17.5. The largest absolute Gasteiger partial charge is 0.452 e. The zero-order valence-electron chi connectivity index (χ0n) is 12.9. The summed E-state index contributed by atoms with van der Waals surface area (Å²) in [5.41, 5.74) is 0.919. The molecule has 0 bridgehead atoms. The van der Waals surface area contributed by atoms with E-state index in [1.807, 2.05) is 0 Å². The number of carbonyl (C=O) groups excluding carboxylic acids is 3. The molecule has 0 saturated heterocycles. The van der Waals surface area contributed by atoms with Crippen LogP contribution < -0.4 is 5.32 Å². The molecule has 0 aliphatic rings. The number of halogens is 1. The van der Waals surface area contributed by atoms with Crippen molar-refractivity contribution in [2.45, 2.75) is 0 Å². The number of nitrogens with one attached hydrogen (secondary N) is 1. The Morgan fingerprint density at radius 1 is 1.21 bits per heavy atom. The molecule has 1 aromatic carbocycles. The third kappa shape index (κ3) is 4.91. The topological polar surface area (TPSA) is 77.4 Å². The molecule has 2 amide bonds. The molecule has 0 unspecified atom stereocenters. The smallest absolute Gasteiger partial charge is 0.331 e. The Kier molecular flexibility index (Phi) is 5.62. The highest BCUT2D eigenvalue weighted by molar-refractivity contribution is 6.04. The molecule has 0 saturated carbocycles. The number of esters is 1. The molecule has 0 atom stereocenters. The molecule has 7 heteroatoms. The van der Waals surface area contributed by atoms with E-state index in [0.29, 0.717) is 11.3 Å². The average molecular weight is 330 g/mol. The maximum atomic E-state index is 12.7. The molecular weight excluding hydrogens is 315 g/mol. The SMILES string of the molecule is Cn1cccc1C(=O)NC(=O)COC(=O)/C=C/c1ccc(F)cc1. The fourth-order valence-electron chi connectivity index (χ4n) is 1.85. The van der Waals surface area contributed by atoms with Gasteiger partial charge in [0.2, 0.25) is 0 Å². The molecule has 6 nitrogen and oxygen atoms in total. The second-order valence-electron chi connectivity index (χ2n) is 4.87. The number of rotatable bonds is 5. The van der Waals surface area contributed by atoms with Crippen LogP contribution in [0.1, 0.15) is 16.1 Å². The van der Waals surface area contributed by atoms with E-state index in [1.165, 1.54) is 30.3 Å². The number of hydrogen-bond acceptors (Lipinski definition) is 4. The number of carbonyl (C=O) groups is 3. The summed E-state index contributed by atoms with van der Waals surface area (Å²) < 4.78 is 19.0. The van der Waals surface area contributed by atoms with Gasteiger partial charge < -0.3 is 9.30 Å². The molecule has 1 N–H and O–H groups in total. The lowest BCUT2D eigenvalue weighted by Gasteiger charge is -2.05. The Morgan fingerprint density at radius 2 is 1.92 bits per heavy atom. The van der Waals surface area contributed by atoms with Crippen molar-refractivity contribution in [3.63, 3.8) is 0 Å². The number of aromatic nitrogens is 1. The van der Waals surface area contributed by atoms with Crippen molar-refractivity contribution in [2.75, 3.05) is 6.61 Å². The van der Waals surface area contributed by atoms with Crippen LogP contribution in [0.3, 0.4) is 0 Å². The van der Waals surface area contributed by atoms with Gasteiger partial charge in [-0.15, -0.1) is 0 Å². The number of hydrogen-bond donors (Lipinski definition) is 1. The van der Waals surface area contributed by atoms with Gasteiger partial charge in [0.1, 0.15) is 11.5 Å². The first-order valence-electron chi connectivity index (χ1n) is 7.01. The van der Waals surface area contributed by atoms with Gasteiger partial charge in [0.15, 0.2) is 6.61 Å². The predicted octanol–water partition coefficient (Wildman–Crippen LogP) is 1.68. The van der Waals surface area contributed by atoms with Crippen molar-refractivity contribution >= 4 is 23.9 Å². The van der Waals surface area contributed by atoms with Gasteiger partial charge in [-0.3, -0.25) is 14.9 Å². The standard InChI is InChI=1S/C17H15FN2O4/c1-20-10-2-3-14(20)17(23)19-15(21)11-24-16(22)9-6-12-4-7-13(18)8-5-12/h2-10H,11H2,1H3,(H,19,21,23)/b9-6+. The molecule has 0 fully saturated rings. The van der Waals surface area contributed by atoms with E-state index in [9.17, 15) is 18.8 Å². The van der Waals surface area contributed by atoms with Crippen molar-refractivity contribution in [1.82, 2.24) is 9.88 Å². The number of imide groups is 1. The van der Waals surface area contributed by atoms with E-state index in [4.69, 9.17) is 4.74 Å². The Labute approximate surface area is 137 Å². The number of aryl methyl sites for hydroxylation is 1. The minimum atomic E-state index is -0.749. The summed E-state index contributed by atoms with van der Waals surface area (Å²) in [6.45, 7) is -0.581. The maximum Gasteiger partial charge on any atom is 0.331 e. The monoisotopic (exact) mass is 330 g/mol. The van der Waals surface area contributed by atoms with Gasteiger partial charge in [0.25, 0.3) is 11.8 Å². The van der Waals surface area contributed by atoms with Crippen molar-refractivity contribution < 1.29 is 23.5 Å². The van der Waals surface area contributed by atoms with Gasteiger partial charge in [-0.05, 0) is 35.9 Å². The van der Waals surface area contributed by atoms with Crippen LogP contribution in [-0.2, 0) is 21.4 Å². The van der Waals surface area contributed by atoms with Gasteiger partial charge in [0, 0.05) is 19.3 Å². The first-order chi connectivity index (χ1) is 11.5. The number of benzene rings is 1. The summed E-state index contributed by atoms with van der Waals surface area (Å²) in [5, 5.41) is 2.12. The summed E-state index contributed by atoms with van der Waals surface area (Å²) >= 11 is 0. The van der Waals surface area contributed by atoms with E-state index in [1.54, 1.807) is 29.9 Å². The summed E-state index contributed by atoms with van der Waals surface area (Å²) in [4.78, 5) is 34.9. The molecule has 1 heterocycles. The van der Waals surface area contributed by atoms with E-state index < -0.39 is 24.4 Å². The van der Waals surface area contributed by atoms with Gasteiger partial charge in [-0.2, -0.15) is 0 Å².